The van der Waals surface area contributed by atoms with Gasteiger partial charge in [-0.3, -0.25) is 9.59 Å². The van der Waals surface area contributed by atoms with E-state index in [4.69, 9.17) is 5.11 Å². The third-order valence-electron chi connectivity index (χ3n) is 2.30. The van der Waals surface area contributed by atoms with Crippen LogP contribution < -0.4 is 0 Å². The Balaban J connectivity index is 4.58. The van der Waals surface area contributed by atoms with Crippen LogP contribution in [0.25, 0.3) is 0 Å². The lowest BCUT2D eigenvalue weighted by Crippen LogP contribution is -2.29. The summed E-state index contributed by atoms with van der Waals surface area (Å²) < 4.78 is 0. The van der Waals surface area contributed by atoms with Gasteiger partial charge in [0, 0.05) is 5.41 Å². The number of hydrogen-bond acceptors (Lipinski definition) is 2. The summed E-state index contributed by atoms with van der Waals surface area (Å²) in [5.74, 6) is -0.943. The number of carbonyl (C=O) groups excluding carboxylic acids is 1. The van der Waals surface area contributed by atoms with Crippen molar-refractivity contribution >= 4 is 23.7 Å². The van der Waals surface area contributed by atoms with Gasteiger partial charge in [-0.05, 0) is 12.8 Å². The van der Waals surface area contributed by atoms with Crippen molar-refractivity contribution in [3.05, 3.63) is 0 Å². The smallest absolute Gasteiger partial charge is 0.304 e. The van der Waals surface area contributed by atoms with Crippen molar-refractivity contribution in [3.63, 3.8) is 0 Å². The van der Waals surface area contributed by atoms with Crippen molar-refractivity contribution in [1.29, 1.82) is 0 Å². The van der Waals surface area contributed by atoms with Crippen LogP contribution in [0.3, 0.4) is 0 Å². The molecule has 0 fully saturated rings. The highest BCUT2D eigenvalue weighted by Crippen LogP contribution is 2.32. The summed E-state index contributed by atoms with van der Waals surface area (Å²) in [5.41, 5.74) is -0.769. The van der Waals surface area contributed by atoms with Crippen molar-refractivity contribution in [1.82, 2.24) is 0 Å². The van der Waals surface area contributed by atoms with Gasteiger partial charge in [0.1, 0.15) is 0 Å². The first kappa shape index (κ1) is 11.5. The predicted molar refractivity (Wildman–Crippen MR) is 49.3 cm³/mol. The number of rotatable bonds is 5. The van der Waals surface area contributed by atoms with Crippen molar-refractivity contribution in [3.8, 4) is 0 Å². The molecule has 0 saturated carbocycles. The molecule has 0 unspecified atom stereocenters. The Morgan fingerprint density at radius 3 is 1.83 bits per heavy atom. The number of carboxylic acids is 1. The summed E-state index contributed by atoms with van der Waals surface area (Å²) in [6.07, 6.45) is 0.929. The first-order valence-corrected chi connectivity index (χ1v) is 4.38. The van der Waals surface area contributed by atoms with Gasteiger partial charge in [-0.1, -0.05) is 13.8 Å². The molecule has 0 saturated heterocycles. The number of carbonyl (C=O) groups is 2. The van der Waals surface area contributed by atoms with E-state index in [0.717, 1.165) is 0 Å². The van der Waals surface area contributed by atoms with Crippen LogP contribution in [0.4, 0.5) is 0 Å². The molecule has 70 valence electrons. The highest BCUT2D eigenvalue weighted by molar-refractivity contribution is 7.96. The van der Waals surface area contributed by atoms with Crippen molar-refractivity contribution in [2.24, 2.45) is 5.41 Å². The van der Waals surface area contributed by atoms with Gasteiger partial charge < -0.3 is 5.11 Å². The van der Waals surface area contributed by atoms with Gasteiger partial charge in [0.05, 0.1) is 6.42 Å². The Hall–Kier alpha value is -0.510. The number of aliphatic carboxylic acids is 1. The maximum atomic E-state index is 11.1. The Morgan fingerprint density at radius 2 is 1.75 bits per heavy atom. The molecule has 0 heterocycles. The van der Waals surface area contributed by atoms with Gasteiger partial charge in [-0.25, -0.2) is 0 Å². The van der Waals surface area contributed by atoms with Gasteiger partial charge in [-0.2, -0.15) is 0 Å². The van der Waals surface area contributed by atoms with E-state index >= 15 is 0 Å². The topological polar surface area (TPSA) is 54.4 Å². The monoisotopic (exact) mass is 190 g/mol. The summed E-state index contributed by atoms with van der Waals surface area (Å²) in [7, 11) is 0. The zero-order valence-corrected chi connectivity index (χ0v) is 8.23. The van der Waals surface area contributed by atoms with Crippen molar-refractivity contribution in [2.75, 3.05) is 0 Å². The molecule has 0 aromatic rings. The minimum atomic E-state index is -0.943. The molecular formula is C8H14O3S. The van der Waals surface area contributed by atoms with Gasteiger partial charge >= 0.3 is 5.97 Å². The average Bonchev–Trinajstić information content (AvgIpc) is 1.99. The minimum absolute atomic E-state index is 0.123. The molecule has 0 amide bonds. The largest absolute Gasteiger partial charge is 0.481 e. The van der Waals surface area contributed by atoms with Gasteiger partial charge in [0.15, 0.2) is 5.12 Å². The molecule has 12 heavy (non-hydrogen) atoms. The molecule has 1 N–H and O–H groups in total. The SMILES string of the molecule is CCC(CC)(CC(=O)O)C(=O)S. The van der Waals surface area contributed by atoms with Crippen LogP contribution in [0.5, 0.6) is 0 Å². The fourth-order valence-corrected chi connectivity index (χ4v) is 1.56. The predicted octanol–water partition coefficient (Wildman–Crippen LogP) is 1.72. The molecule has 0 aliphatic carbocycles. The lowest BCUT2D eigenvalue weighted by molar-refractivity contribution is -0.142. The number of carboxylic acid groups (broad SMARTS) is 1. The van der Waals surface area contributed by atoms with E-state index in [1.165, 1.54) is 0 Å². The molecule has 4 heteroatoms. The van der Waals surface area contributed by atoms with E-state index < -0.39 is 11.4 Å². The molecule has 0 atom stereocenters. The second kappa shape index (κ2) is 4.50. The lowest BCUT2D eigenvalue weighted by Gasteiger charge is -2.25. The molecule has 0 aliphatic heterocycles. The first-order chi connectivity index (χ1) is 5.48. The number of hydrogen-bond donors (Lipinski definition) is 2. The van der Waals surface area contributed by atoms with E-state index in [1.807, 2.05) is 0 Å². The Labute approximate surface area is 77.6 Å². The fraction of sp³-hybridized carbons (Fsp3) is 0.750. The zero-order valence-electron chi connectivity index (χ0n) is 7.33. The summed E-state index contributed by atoms with van der Waals surface area (Å²) in [4.78, 5) is 21.5. The van der Waals surface area contributed by atoms with Crippen LogP contribution in [0, 0.1) is 5.41 Å². The third-order valence-corrected chi connectivity index (χ3v) is 2.77. The Bertz CT molecular complexity index is 185. The maximum Gasteiger partial charge on any atom is 0.304 e. The maximum absolute atomic E-state index is 11.1. The highest BCUT2D eigenvalue weighted by Gasteiger charge is 2.34. The van der Waals surface area contributed by atoms with Gasteiger partial charge in [0.25, 0.3) is 0 Å². The first-order valence-electron chi connectivity index (χ1n) is 3.93. The van der Waals surface area contributed by atoms with Crippen LogP contribution in [0.15, 0.2) is 0 Å². The molecule has 0 bridgehead atoms. The van der Waals surface area contributed by atoms with Crippen LogP contribution in [0.1, 0.15) is 33.1 Å². The third kappa shape index (κ3) is 2.52. The molecular weight excluding hydrogens is 176 g/mol. The molecule has 0 rings (SSSR count). The van der Waals surface area contributed by atoms with Crippen molar-refractivity contribution in [2.45, 2.75) is 33.1 Å². The second-order valence-corrected chi connectivity index (χ2v) is 3.27. The van der Waals surface area contributed by atoms with E-state index in [-0.39, 0.29) is 11.5 Å². The van der Waals surface area contributed by atoms with Gasteiger partial charge in [0.2, 0.25) is 0 Å². The summed E-state index contributed by atoms with van der Waals surface area (Å²) >= 11 is 3.71. The molecule has 0 aromatic carbocycles. The molecule has 0 spiro atoms. The van der Waals surface area contributed by atoms with Crippen LogP contribution in [-0.4, -0.2) is 16.2 Å². The van der Waals surface area contributed by atoms with Crippen molar-refractivity contribution < 1.29 is 14.7 Å². The zero-order chi connectivity index (χ0) is 9.78. The molecule has 0 aromatic heterocycles. The van der Waals surface area contributed by atoms with E-state index in [2.05, 4.69) is 12.6 Å². The number of thiol groups is 1. The molecule has 3 nitrogen and oxygen atoms in total. The normalized spacial score (nSPS) is 11.2. The highest BCUT2D eigenvalue weighted by atomic mass is 32.1. The van der Waals surface area contributed by atoms with E-state index in [1.54, 1.807) is 13.8 Å². The summed E-state index contributed by atoms with van der Waals surface area (Å²) in [5, 5.41) is 8.25. The fourth-order valence-electron chi connectivity index (χ4n) is 1.17. The Morgan fingerprint density at radius 1 is 1.33 bits per heavy atom. The standard InChI is InChI=1S/C8H14O3S/c1-3-8(4-2,7(11)12)5-6(9)10/h3-5H2,1-2H3,(H,9,10)(H,11,12). The van der Waals surface area contributed by atoms with E-state index in [0.29, 0.717) is 12.8 Å². The van der Waals surface area contributed by atoms with Gasteiger partial charge in [-0.15, -0.1) is 12.6 Å². The van der Waals surface area contributed by atoms with E-state index in [9.17, 15) is 9.59 Å². The van der Waals surface area contributed by atoms with Crippen LogP contribution in [0.2, 0.25) is 0 Å². The second-order valence-electron chi connectivity index (χ2n) is 2.86. The molecule has 0 radical (unpaired) electrons. The van der Waals surface area contributed by atoms with Crippen LogP contribution in [-0.2, 0) is 9.59 Å². The lowest BCUT2D eigenvalue weighted by atomic mass is 9.80. The quantitative estimate of drug-likeness (QED) is 0.649. The van der Waals surface area contributed by atoms with Crippen LogP contribution >= 0.6 is 12.6 Å². The average molecular weight is 190 g/mol. The Kier molecular flexibility index (Phi) is 4.31. The summed E-state index contributed by atoms with van der Waals surface area (Å²) in [6, 6.07) is 0. The molecule has 0 aliphatic rings. The minimum Gasteiger partial charge on any atom is -0.481 e. The summed E-state index contributed by atoms with van der Waals surface area (Å²) in [6.45, 7) is 3.61.